The number of carboxylic acid groups (broad SMARTS) is 1. The molecule has 1 aromatic rings. The number of carbonyl (C=O) groups excluding carboxylic acids is 1. The summed E-state index contributed by atoms with van der Waals surface area (Å²) in [4.78, 5) is 26.2. The summed E-state index contributed by atoms with van der Waals surface area (Å²) < 4.78 is 27.2. The van der Waals surface area contributed by atoms with Crippen LogP contribution in [0.4, 0.5) is 0 Å². The molecule has 1 aromatic carbocycles. The molecule has 0 unspecified atom stereocenters. The number of aliphatic carboxylic acids is 1. The van der Waals surface area contributed by atoms with Crippen LogP contribution in [0.3, 0.4) is 0 Å². The zero-order valence-electron chi connectivity index (χ0n) is 16.2. The molecule has 0 bridgehead atoms. The Morgan fingerprint density at radius 2 is 1.57 bits per heavy atom. The van der Waals surface area contributed by atoms with Crippen molar-refractivity contribution in [2.75, 3.05) is 26.2 Å². The van der Waals surface area contributed by atoms with E-state index in [9.17, 15) is 23.1 Å². The summed E-state index contributed by atoms with van der Waals surface area (Å²) in [5, 5.41) is 9.38. The van der Waals surface area contributed by atoms with Crippen LogP contribution in [-0.4, -0.2) is 60.8 Å². The van der Waals surface area contributed by atoms with Crippen LogP contribution in [-0.2, 0) is 19.6 Å². The van der Waals surface area contributed by atoms with E-state index in [-0.39, 0.29) is 37.0 Å². The molecule has 2 atom stereocenters. The number of benzene rings is 1. The molecule has 1 N–H and O–H groups in total. The molecule has 2 aliphatic rings. The van der Waals surface area contributed by atoms with Gasteiger partial charge in [-0.15, -0.1) is 0 Å². The summed E-state index contributed by atoms with van der Waals surface area (Å²) in [7, 11) is -3.61. The number of hydrogen-bond acceptors (Lipinski definition) is 4. The number of nitrogens with zero attached hydrogens (tertiary/aromatic N) is 2. The summed E-state index contributed by atoms with van der Waals surface area (Å²) in [6.07, 6.45) is 4.42. The Hall–Kier alpha value is -2.19. The third kappa shape index (κ3) is 3.98. The first-order valence-electron chi connectivity index (χ1n) is 9.46. The van der Waals surface area contributed by atoms with E-state index in [4.69, 9.17) is 0 Å². The number of sulfonamides is 1. The van der Waals surface area contributed by atoms with Gasteiger partial charge in [0, 0.05) is 26.2 Å². The maximum atomic E-state index is 12.9. The van der Waals surface area contributed by atoms with E-state index in [1.54, 1.807) is 29.2 Å². The molecule has 1 saturated heterocycles. The third-order valence-corrected chi connectivity index (χ3v) is 7.63. The highest BCUT2D eigenvalue weighted by molar-refractivity contribution is 7.89. The van der Waals surface area contributed by atoms with Crippen molar-refractivity contribution in [3.63, 3.8) is 0 Å². The van der Waals surface area contributed by atoms with Crippen LogP contribution in [0.15, 0.2) is 35.2 Å². The largest absolute Gasteiger partial charge is 0.481 e. The number of hydrogen-bond donors (Lipinski definition) is 1. The lowest BCUT2D eigenvalue weighted by Gasteiger charge is -2.37. The fourth-order valence-corrected chi connectivity index (χ4v) is 5.27. The number of rotatable bonds is 4. The van der Waals surface area contributed by atoms with E-state index < -0.39 is 27.8 Å². The number of carbonyl (C=O) groups is 2. The average Bonchev–Trinajstić information content (AvgIpc) is 2.69. The molecule has 0 saturated carbocycles. The second-order valence-electron chi connectivity index (χ2n) is 7.47. The van der Waals surface area contributed by atoms with Gasteiger partial charge in [0.2, 0.25) is 15.9 Å². The zero-order chi connectivity index (χ0) is 20.5. The molecule has 8 heteroatoms. The highest BCUT2D eigenvalue weighted by Gasteiger charge is 2.38. The zero-order valence-corrected chi connectivity index (χ0v) is 17.0. The van der Waals surface area contributed by atoms with Gasteiger partial charge in [-0.3, -0.25) is 9.59 Å². The molecule has 152 valence electrons. The highest BCUT2D eigenvalue weighted by Crippen LogP contribution is 2.28. The van der Waals surface area contributed by atoms with E-state index in [2.05, 4.69) is 0 Å². The lowest BCUT2D eigenvalue weighted by molar-refractivity contribution is -0.151. The van der Waals surface area contributed by atoms with Crippen molar-refractivity contribution in [3.05, 3.63) is 41.5 Å². The maximum absolute atomic E-state index is 12.9. The Bertz CT molecular complexity index is 901. The van der Waals surface area contributed by atoms with Crippen LogP contribution >= 0.6 is 0 Å². The van der Waals surface area contributed by atoms with Gasteiger partial charge in [-0.1, -0.05) is 18.2 Å². The monoisotopic (exact) mass is 406 g/mol. The van der Waals surface area contributed by atoms with Crippen molar-refractivity contribution >= 4 is 21.9 Å². The van der Waals surface area contributed by atoms with Crippen molar-refractivity contribution in [1.29, 1.82) is 0 Å². The maximum Gasteiger partial charge on any atom is 0.307 e. The van der Waals surface area contributed by atoms with Gasteiger partial charge >= 0.3 is 5.97 Å². The SMILES string of the molecule is Cc1ccc(S(=O)(=O)N2CCN(C(=O)[C@@H]3CC=CC[C@@H]3C(=O)O)CC2)cc1C. The molecule has 28 heavy (non-hydrogen) atoms. The number of amides is 1. The quantitative estimate of drug-likeness (QED) is 0.770. The van der Waals surface area contributed by atoms with E-state index in [0.29, 0.717) is 12.8 Å². The van der Waals surface area contributed by atoms with E-state index in [0.717, 1.165) is 11.1 Å². The Labute approximate surface area is 165 Å². The normalized spacial score (nSPS) is 23.6. The first-order chi connectivity index (χ1) is 13.2. The lowest BCUT2D eigenvalue weighted by Crippen LogP contribution is -2.53. The van der Waals surface area contributed by atoms with Gasteiger partial charge in [0.25, 0.3) is 0 Å². The van der Waals surface area contributed by atoms with Crippen molar-refractivity contribution in [1.82, 2.24) is 9.21 Å². The summed E-state index contributed by atoms with van der Waals surface area (Å²) >= 11 is 0. The van der Waals surface area contributed by atoms with Crippen molar-refractivity contribution in [3.8, 4) is 0 Å². The smallest absolute Gasteiger partial charge is 0.307 e. The second-order valence-corrected chi connectivity index (χ2v) is 9.41. The predicted octanol–water partition coefficient (Wildman–Crippen LogP) is 1.80. The number of piperazine rings is 1. The third-order valence-electron chi connectivity index (χ3n) is 5.73. The van der Waals surface area contributed by atoms with Gasteiger partial charge in [-0.25, -0.2) is 8.42 Å². The number of carboxylic acids is 1. The van der Waals surface area contributed by atoms with Crippen LogP contribution in [0.2, 0.25) is 0 Å². The molecule has 1 amide bonds. The van der Waals surface area contributed by atoms with Crippen molar-refractivity contribution in [2.24, 2.45) is 11.8 Å². The fourth-order valence-electron chi connectivity index (χ4n) is 3.77. The Balaban J connectivity index is 1.68. The molecule has 0 radical (unpaired) electrons. The Kier molecular flexibility index (Phi) is 5.90. The van der Waals surface area contributed by atoms with E-state index >= 15 is 0 Å². The van der Waals surface area contributed by atoms with Gasteiger partial charge in [-0.2, -0.15) is 4.31 Å². The number of allylic oxidation sites excluding steroid dienone is 2. The summed E-state index contributed by atoms with van der Waals surface area (Å²) in [6, 6.07) is 5.08. The molecule has 0 spiro atoms. The van der Waals surface area contributed by atoms with E-state index in [1.807, 2.05) is 19.9 Å². The molecule has 0 aromatic heterocycles. The second kappa shape index (κ2) is 8.05. The van der Waals surface area contributed by atoms with Crippen LogP contribution in [0.25, 0.3) is 0 Å². The van der Waals surface area contributed by atoms with Crippen LogP contribution in [0, 0.1) is 25.7 Å². The Morgan fingerprint density at radius 3 is 2.14 bits per heavy atom. The molecule has 1 heterocycles. The predicted molar refractivity (Wildman–Crippen MR) is 104 cm³/mol. The summed E-state index contributed by atoms with van der Waals surface area (Å²) in [6.45, 7) is 4.77. The minimum Gasteiger partial charge on any atom is -0.481 e. The van der Waals surface area contributed by atoms with Crippen LogP contribution in [0.5, 0.6) is 0 Å². The van der Waals surface area contributed by atoms with Gasteiger partial charge in [0.05, 0.1) is 16.7 Å². The van der Waals surface area contributed by atoms with Crippen LogP contribution < -0.4 is 0 Å². The van der Waals surface area contributed by atoms with Crippen LogP contribution in [0.1, 0.15) is 24.0 Å². The molecule has 3 rings (SSSR count). The van der Waals surface area contributed by atoms with E-state index in [1.165, 1.54) is 4.31 Å². The minimum absolute atomic E-state index is 0.194. The van der Waals surface area contributed by atoms with Gasteiger partial charge in [0.15, 0.2) is 0 Å². The van der Waals surface area contributed by atoms with Crippen molar-refractivity contribution in [2.45, 2.75) is 31.6 Å². The Morgan fingerprint density at radius 1 is 0.964 bits per heavy atom. The first-order valence-corrected chi connectivity index (χ1v) is 10.9. The standard InChI is InChI=1S/C20H26N2O5S/c1-14-7-8-16(13-15(14)2)28(26,27)22-11-9-21(10-12-22)19(23)17-5-3-4-6-18(17)20(24)25/h3-4,7-8,13,17-18H,5-6,9-12H2,1-2H3,(H,24,25)/t17-,18+/m1/s1. The first kappa shape index (κ1) is 20.5. The molecule has 1 fully saturated rings. The molecular weight excluding hydrogens is 380 g/mol. The van der Waals surface area contributed by atoms with Crippen molar-refractivity contribution < 1.29 is 23.1 Å². The number of aryl methyl sites for hydroxylation is 2. The highest BCUT2D eigenvalue weighted by atomic mass is 32.2. The summed E-state index contributed by atoms with van der Waals surface area (Å²) in [5.41, 5.74) is 1.95. The lowest BCUT2D eigenvalue weighted by atomic mass is 9.82. The molecular formula is C20H26N2O5S. The van der Waals surface area contributed by atoms with Gasteiger partial charge in [0.1, 0.15) is 0 Å². The summed E-state index contributed by atoms with van der Waals surface area (Å²) in [5.74, 6) is -2.45. The topological polar surface area (TPSA) is 95.0 Å². The van der Waals surface area contributed by atoms with Gasteiger partial charge in [-0.05, 0) is 49.9 Å². The fraction of sp³-hybridized carbons (Fsp3) is 0.500. The average molecular weight is 407 g/mol. The molecule has 1 aliphatic heterocycles. The minimum atomic E-state index is -3.61. The van der Waals surface area contributed by atoms with Gasteiger partial charge < -0.3 is 10.0 Å². The molecule has 1 aliphatic carbocycles. The molecule has 7 nitrogen and oxygen atoms in total.